The summed E-state index contributed by atoms with van der Waals surface area (Å²) < 4.78 is 2.00. The molecule has 0 radical (unpaired) electrons. The van der Waals surface area contributed by atoms with Crippen LogP contribution in [0.25, 0.3) is 0 Å². The smallest absolute Gasteiger partial charge is 0.129 e. The summed E-state index contributed by atoms with van der Waals surface area (Å²) in [7, 11) is 0. The molecular formula is C9H10N4. The van der Waals surface area contributed by atoms with Gasteiger partial charge in [0, 0.05) is 12.4 Å². The zero-order valence-corrected chi connectivity index (χ0v) is 7.38. The van der Waals surface area contributed by atoms with Crippen LogP contribution in [0, 0.1) is 6.92 Å². The third-order valence-corrected chi connectivity index (χ3v) is 1.91. The molecule has 0 aliphatic rings. The van der Waals surface area contributed by atoms with Crippen molar-refractivity contribution in [2.24, 2.45) is 0 Å². The Morgan fingerprint density at radius 3 is 2.69 bits per heavy atom. The molecular weight excluding hydrogens is 164 g/mol. The van der Waals surface area contributed by atoms with Gasteiger partial charge in [-0.2, -0.15) is 0 Å². The first kappa shape index (κ1) is 7.91. The largest absolute Gasteiger partial charge is 0.313 e. The number of aromatic nitrogens is 4. The number of nitrogens with zero attached hydrogens (tertiary/aromatic N) is 4. The number of hydrogen-bond donors (Lipinski definition) is 0. The van der Waals surface area contributed by atoms with Crippen molar-refractivity contribution < 1.29 is 0 Å². The Hall–Kier alpha value is -1.71. The third kappa shape index (κ3) is 1.72. The summed E-state index contributed by atoms with van der Waals surface area (Å²) in [5.74, 6) is 0.928. The van der Waals surface area contributed by atoms with Crippen LogP contribution in [0.5, 0.6) is 0 Å². The molecule has 2 rings (SSSR count). The van der Waals surface area contributed by atoms with Crippen molar-refractivity contribution in [3.8, 4) is 0 Å². The van der Waals surface area contributed by atoms with Crippen molar-refractivity contribution in [1.29, 1.82) is 0 Å². The lowest BCUT2D eigenvalue weighted by Gasteiger charge is -2.02. The number of hydrogen-bond acceptors (Lipinski definition) is 3. The van der Waals surface area contributed by atoms with E-state index in [2.05, 4.69) is 15.2 Å². The first-order chi connectivity index (χ1) is 6.36. The summed E-state index contributed by atoms with van der Waals surface area (Å²) >= 11 is 0. The van der Waals surface area contributed by atoms with Crippen molar-refractivity contribution in [2.75, 3.05) is 0 Å². The van der Waals surface area contributed by atoms with Crippen molar-refractivity contribution in [2.45, 2.75) is 13.5 Å². The highest BCUT2D eigenvalue weighted by Crippen LogP contribution is 2.01. The van der Waals surface area contributed by atoms with Crippen LogP contribution >= 0.6 is 0 Å². The second-order valence-electron chi connectivity index (χ2n) is 2.86. The van der Waals surface area contributed by atoms with Gasteiger partial charge in [-0.25, -0.2) is 0 Å². The summed E-state index contributed by atoms with van der Waals surface area (Å²) in [6, 6.07) is 3.97. The Balaban J connectivity index is 2.20. The Labute approximate surface area is 76.3 Å². The lowest BCUT2D eigenvalue weighted by molar-refractivity contribution is 0.760. The number of rotatable bonds is 2. The van der Waals surface area contributed by atoms with Gasteiger partial charge in [0.15, 0.2) is 0 Å². The molecule has 2 aromatic rings. The highest BCUT2D eigenvalue weighted by Gasteiger charge is 1.98. The maximum absolute atomic E-state index is 3.96. The molecule has 0 aliphatic heterocycles. The molecule has 2 heterocycles. The van der Waals surface area contributed by atoms with Crippen LogP contribution in [0.4, 0.5) is 0 Å². The van der Waals surface area contributed by atoms with Gasteiger partial charge in [0.1, 0.15) is 12.2 Å². The second kappa shape index (κ2) is 3.35. The van der Waals surface area contributed by atoms with Gasteiger partial charge in [-0.05, 0) is 24.6 Å². The van der Waals surface area contributed by atoms with Gasteiger partial charge in [0.05, 0.1) is 6.54 Å². The standard InChI is InChI=1S/C9H10N4/c1-8-12-11-7-13(8)6-9-2-4-10-5-3-9/h2-5,7H,6H2,1H3. The lowest BCUT2D eigenvalue weighted by Crippen LogP contribution is -2.00. The molecule has 0 amide bonds. The normalized spacial score (nSPS) is 10.2. The molecule has 4 nitrogen and oxygen atoms in total. The maximum atomic E-state index is 3.96. The second-order valence-corrected chi connectivity index (χ2v) is 2.86. The quantitative estimate of drug-likeness (QED) is 0.683. The topological polar surface area (TPSA) is 43.6 Å². The van der Waals surface area contributed by atoms with Crippen molar-refractivity contribution in [3.63, 3.8) is 0 Å². The molecule has 13 heavy (non-hydrogen) atoms. The van der Waals surface area contributed by atoms with Crippen LogP contribution < -0.4 is 0 Å². The summed E-state index contributed by atoms with van der Waals surface area (Å²) in [5.41, 5.74) is 1.21. The van der Waals surface area contributed by atoms with Crippen LogP contribution in [0.1, 0.15) is 11.4 Å². The lowest BCUT2D eigenvalue weighted by atomic mass is 10.3. The van der Waals surface area contributed by atoms with E-state index in [0.717, 1.165) is 12.4 Å². The van der Waals surface area contributed by atoms with Crippen LogP contribution in [0.3, 0.4) is 0 Å². The zero-order chi connectivity index (χ0) is 9.10. The summed E-state index contributed by atoms with van der Waals surface area (Å²) in [5, 5.41) is 7.73. The van der Waals surface area contributed by atoms with Gasteiger partial charge in [-0.1, -0.05) is 0 Å². The fourth-order valence-corrected chi connectivity index (χ4v) is 1.15. The van der Waals surface area contributed by atoms with E-state index in [1.165, 1.54) is 5.56 Å². The summed E-state index contributed by atoms with van der Waals surface area (Å²) in [6.45, 7) is 2.75. The van der Waals surface area contributed by atoms with Gasteiger partial charge >= 0.3 is 0 Å². The first-order valence-electron chi connectivity index (χ1n) is 4.09. The van der Waals surface area contributed by atoms with Crippen molar-refractivity contribution in [3.05, 3.63) is 42.2 Å². The molecule has 0 atom stereocenters. The van der Waals surface area contributed by atoms with Crippen LogP contribution in [0.2, 0.25) is 0 Å². The molecule has 0 aliphatic carbocycles. The predicted molar refractivity (Wildman–Crippen MR) is 48.1 cm³/mol. The van der Waals surface area contributed by atoms with Gasteiger partial charge in [-0.3, -0.25) is 4.98 Å². The van der Waals surface area contributed by atoms with Crippen molar-refractivity contribution >= 4 is 0 Å². The van der Waals surface area contributed by atoms with Gasteiger partial charge in [-0.15, -0.1) is 10.2 Å². The fraction of sp³-hybridized carbons (Fsp3) is 0.222. The predicted octanol–water partition coefficient (Wildman–Crippen LogP) is 1.03. The third-order valence-electron chi connectivity index (χ3n) is 1.91. The Morgan fingerprint density at radius 2 is 2.08 bits per heavy atom. The number of aryl methyl sites for hydroxylation is 1. The molecule has 0 unspecified atom stereocenters. The molecule has 0 saturated heterocycles. The van der Waals surface area contributed by atoms with E-state index in [-0.39, 0.29) is 0 Å². The van der Waals surface area contributed by atoms with Crippen molar-refractivity contribution in [1.82, 2.24) is 19.7 Å². The minimum atomic E-state index is 0.807. The van der Waals surface area contributed by atoms with Gasteiger partial charge in [0.25, 0.3) is 0 Å². The Morgan fingerprint density at radius 1 is 1.31 bits per heavy atom. The van der Waals surface area contributed by atoms with E-state index in [9.17, 15) is 0 Å². The SMILES string of the molecule is Cc1nncn1Cc1ccncc1. The van der Waals surface area contributed by atoms with Crippen LogP contribution in [-0.2, 0) is 6.54 Å². The molecule has 2 aromatic heterocycles. The molecule has 0 bridgehead atoms. The highest BCUT2D eigenvalue weighted by molar-refractivity contribution is 5.10. The zero-order valence-electron chi connectivity index (χ0n) is 7.38. The fourth-order valence-electron chi connectivity index (χ4n) is 1.15. The average Bonchev–Trinajstić information content (AvgIpc) is 2.54. The minimum absolute atomic E-state index is 0.807. The molecule has 0 saturated carbocycles. The minimum Gasteiger partial charge on any atom is -0.313 e. The molecule has 0 aromatic carbocycles. The van der Waals surface area contributed by atoms with Gasteiger partial charge < -0.3 is 4.57 Å². The van der Waals surface area contributed by atoms with E-state index in [1.807, 2.05) is 23.6 Å². The Kier molecular flexibility index (Phi) is 2.04. The molecule has 0 N–H and O–H groups in total. The number of pyridine rings is 1. The van der Waals surface area contributed by atoms with E-state index in [0.29, 0.717) is 0 Å². The highest BCUT2D eigenvalue weighted by atomic mass is 15.2. The Bertz CT molecular complexity index is 380. The maximum Gasteiger partial charge on any atom is 0.129 e. The van der Waals surface area contributed by atoms with E-state index >= 15 is 0 Å². The molecule has 4 heteroatoms. The first-order valence-corrected chi connectivity index (χ1v) is 4.09. The average molecular weight is 174 g/mol. The molecule has 66 valence electrons. The van der Waals surface area contributed by atoms with E-state index in [4.69, 9.17) is 0 Å². The van der Waals surface area contributed by atoms with Crippen LogP contribution in [-0.4, -0.2) is 19.7 Å². The summed E-state index contributed by atoms with van der Waals surface area (Å²) in [6.07, 6.45) is 5.31. The molecule has 0 fully saturated rings. The van der Waals surface area contributed by atoms with Gasteiger partial charge in [0.2, 0.25) is 0 Å². The molecule has 0 spiro atoms. The van der Waals surface area contributed by atoms with Crippen LogP contribution in [0.15, 0.2) is 30.9 Å². The monoisotopic (exact) mass is 174 g/mol. The van der Waals surface area contributed by atoms with E-state index in [1.54, 1.807) is 18.7 Å². The summed E-state index contributed by atoms with van der Waals surface area (Å²) in [4.78, 5) is 3.96. The van der Waals surface area contributed by atoms with E-state index < -0.39 is 0 Å².